The van der Waals surface area contributed by atoms with E-state index in [0.29, 0.717) is 5.56 Å². The molecule has 2 aromatic heterocycles. The standard InChI is InChI=1S/C19H23N3O7S/c1-6-28-19(27)14-10(4)13(18(26)29-9(2)3)16(30-14)20-15(23)11(5)22-8-7-12(21-22)17(24)25/h7-9,11H,6H2,1-5H3,(H,20,23)(H,24,25). The van der Waals surface area contributed by atoms with E-state index < -0.39 is 36.0 Å². The van der Waals surface area contributed by atoms with Gasteiger partial charge in [0.05, 0.1) is 18.3 Å². The number of carbonyl (C=O) groups excluding carboxylic acids is 3. The van der Waals surface area contributed by atoms with Gasteiger partial charge in [-0.3, -0.25) is 9.48 Å². The van der Waals surface area contributed by atoms with Crippen LogP contribution in [0.5, 0.6) is 0 Å². The largest absolute Gasteiger partial charge is 0.476 e. The fourth-order valence-corrected chi connectivity index (χ4v) is 3.61. The Morgan fingerprint density at radius 2 is 1.90 bits per heavy atom. The van der Waals surface area contributed by atoms with Crippen molar-refractivity contribution in [1.29, 1.82) is 0 Å². The number of ether oxygens (including phenoxy) is 2. The molecule has 0 aliphatic rings. The quantitative estimate of drug-likeness (QED) is 0.602. The topological polar surface area (TPSA) is 137 Å². The minimum absolute atomic E-state index is 0.0731. The molecule has 0 aliphatic carbocycles. The number of carbonyl (C=O) groups is 4. The summed E-state index contributed by atoms with van der Waals surface area (Å²) in [4.78, 5) is 48.7. The summed E-state index contributed by atoms with van der Waals surface area (Å²) >= 11 is 0.910. The van der Waals surface area contributed by atoms with Gasteiger partial charge in [0, 0.05) is 6.20 Å². The summed E-state index contributed by atoms with van der Waals surface area (Å²) < 4.78 is 11.5. The summed E-state index contributed by atoms with van der Waals surface area (Å²) in [5, 5.41) is 15.6. The predicted octanol–water partition coefficient (Wildman–Crippen LogP) is 2.89. The maximum absolute atomic E-state index is 12.7. The Morgan fingerprint density at radius 1 is 1.23 bits per heavy atom. The lowest BCUT2D eigenvalue weighted by atomic mass is 10.1. The molecule has 0 fully saturated rings. The molecule has 2 aromatic rings. The van der Waals surface area contributed by atoms with Crippen molar-refractivity contribution in [2.24, 2.45) is 0 Å². The summed E-state index contributed by atoms with van der Waals surface area (Å²) in [7, 11) is 0. The molecular weight excluding hydrogens is 414 g/mol. The van der Waals surface area contributed by atoms with Crippen molar-refractivity contribution in [2.45, 2.75) is 46.8 Å². The van der Waals surface area contributed by atoms with Crippen LogP contribution in [0.15, 0.2) is 12.3 Å². The molecule has 2 rings (SSSR count). The van der Waals surface area contributed by atoms with Crippen molar-refractivity contribution >= 4 is 40.2 Å². The van der Waals surface area contributed by atoms with Crippen molar-refractivity contribution in [2.75, 3.05) is 11.9 Å². The molecule has 0 bridgehead atoms. The number of hydrogen-bond acceptors (Lipinski definition) is 8. The number of hydrogen-bond donors (Lipinski definition) is 2. The molecule has 0 aromatic carbocycles. The van der Waals surface area contributed by atoms with Gasteiger partial charge < -0.3 is 19.9 Å². The van der Waals surface area contributed by atoms with Crippen molar-refractivity contribution in [3.8, 4) is 0 Å². The first-order valence-electron chi connectivity index (χ1n) is 9.17. The Kier molecular flexibility index (Phi) is 7.33. The maximum atomic E-state index is 12.7. The zero-order chi connectivity index (χ0) is 22.6. The van der Waals surface area contributed by atoms with E-state index in [1.165, 1.54) is 23.9 Å². The van der Waals surface area contributed by atoms with E-state index in [-0.39, 0.29) is 27.7 Å². The van der Waals surface area contributed by atoms with Gasteiger partial charge in [0.25, 0.3) is 0 Å². The summed E-state index contributed by atoms with van der Waals surface area (Å²) in [6, 6.07) is 0.395. The van der Waals surface area contributed by atoms with E-state index in [1.54, 1.807) is 27.7 Å². The summed E-state index contributed by atoms with van der Waals surface area (Å²) in [6.07, 6.45) is 0.967. The lowest BCUT2D eigenvalue weighted by molar-refractivity contribution is -0.119. The number of esters is 2. The Labute approximate surface area is 176 Å². The third kappa shape index (κ3) is 5.03. The van der Waals surface area contributed by atoms with Gasteiger partial charge in [-0.25, -0.2) is 14.4 Å². The highest BCUT2D eigenvalue weighted by Gasteiger charge is 2.29. The highest BCUT2D eigenvalue weighted by Crippen LogP contribution is 2.35. The molecule has 0 aliphatic heterocycles. The van der Waals surface area contributed by atoms with Gasteiger partial charge in [-0.05, 0) is 46.2 Å². The summed E-state index contributed by atoms with van der Waals surface area (Å²) in [6.45, 7) is 8.28. The van der Waals surface area contributed by atoms with E-state index in [2.05, 4.69) is 10.4 Å². The molecule has 0 spiro atoms. The molecule has 11 heteroatoms. The monoisotopic (exact) mass is 437 g/mol. The Bertz CT molecular complexity index is 977. The van der Waals surface area contributed by atoms with E-state index >= 15 is 0 Å². The van der Waals surface area contributed by atoms with Crippen LogP contribution >= 0.6 is 11.3 Å². The van der Waals surface area contributed by atoms with E-state index in [1.807, 2.05) is 0 Å². The Balaban J connectivity index is 2.36. The number of nitrogens with one attached hydrogen (secondary N) is 1. The number of thiophene rings is 1. The maximum Gasteiger partial charge on any atom is 0.356 e. The Hall–Kier alpha value is -3.21. The van der Waals surface area contributed by atoms with Crippen molar-refractivity contribution in [3.05, 3.63) is 34.0 Å². The van der Waals surface area contributed by atoms with Gasteiger partial charge in [-0.1, -0.05) is 0 Å². The van der Waals surface area contributed by atoms with Crippen molar-refractivity contribution in [1.82, 2.24) is 9.78 Å². The second-order valence-corrected chi connectivity index (χ2v) is 7.61. The third-order valence-corrected chi connectivity index (χ3v) is 5.18. The Morgan fingerprint density at radius 3 is 2.43 bits per heavy atom. The van der Waals surface area contributed by atoms with Crippen LogP contribution in [0, 0.1) is 6.92 Å². The summed E-state index contributed by atoms with van der Waals surface area (Å²) in [5.41, 5.74) is 0.218. The molecule has 2 N–H and O–H groups in total. The van der Waals surface area contributed by atoms with Crippen LogP contribution in [0.1, 0.15) is 69.8 Å². The predicted molar refractivity (Wildman–Crippen MR) is 108 cm³/mol. The first kappa shape index (κ1) is 23.1. The number of nitrogens with zero attached hydrogens (tertiary/aromatic N) is 2. The molecule has 2 heterocycles. The molecule has 30 heavy (non-hydrogen) atoms. The number of aromatic nitrogens is 2. The number of anilines is 1. The normalized spacial score (nSPS) is 11.8. The lowest BCUT2D eigenvalue weighted by Crippen LogP contribution is -2.25. The van der Waals surface area contributed by atoms with Crippen LogP contribution in [0.25, 0.3) is 0 Å². The fourth-order valence-electron chi connectivity index (χ4n) is 2.52. The minimum Gasteiger partial charge on any atom is -0.476 e. The van der Waals surface area contributed by atoms with Gasteiger partial charge in [-0.15, -0.1) is 11.3 Å². The molecular formula is C19H23N3O7S. The minimum atomic E-state index is -1.21. The molecule has 0 saturated carbocycles. The van der Waals surface area contributed by atoms with Gasteiger partial charge in [0.15, 0.2) is 5.69 Å². The van der Waals surface area contributed by atoms with Crippen molar-refractivity contribution < 1.29 is 33.8 Å². The number of rotatable bonds is 8. The molecule has 0 saturated heterocycles. The van der Waals surface area contributed by atoms with Crippen LogP contribution in [0.3, 0.4) is 0 Å². The second kappa shape index (κ2) is 9.53. The van der Waals surface area contributed by atoms with Gasteiger partial charge in [0.1, 0.15) is 15.9 Å². The van der Waals surface area contributed by atoms with E-state index in [9.17, 15) is 19.2 Å². The number of amides is 1. The highest BCUT2D eigenvalue weighted by atomic mass is 32.1. The molecule has 10 nitrogen and oxygen atoms in total. The van der Waals surface area contributed by atoms with Crippen LogP contribution < -0.4 is 5.32 Å². The van der Waals surface area contributed by atoms with Crippen LogP contribution in [-0.2, 0) is 14.3 Å². The van der Waals surface area contributed by atoms with Crippen molar-refractivity contribution in [3.63, 3.8) is 0 Å². The molecule has 0 radical (unpaired) electrons. The molecule has 1 atom stereocenters. The lowest BCUT2D eigenvalue weighted by Gasteiger charge is -2.13. The van der Waals surface area contributed by atoms with Gasteiger partial charge in [0.2, 0.25) is 5.91 Å². The smallest absolute Gasteiger partial charge is 0.356 e. The average Bonchev–Trinajstić information content (AvgIpc) is 3.26. The first-order valence-corrected chi connectivity index (χ1v) is 9.99. The summed E-state index contributed by atoms with van der Waals surface area (Å²) in [5.74, 6) is -3.05. The third-order valence-electron chi connectivity index (χ3n) is 3.99. The first-order chi connectivity index (χ1) is 14.1. The average molecular weight is 437 g/mol. The number of aromatic carboxylic acids is 1. The van der Waals surface area contributed by atoms with E-state index in [4.69, 9.17) is 14.6 Å². The fraction of sp³-hybridized carbons (Fsp3) is 0.421. The molecule has 1 amide bonds. The van der Waals surface area contributed by atoms with Crippen LogP contribution in [-0.4, -0.2) is 51.4 Å². The molecule has 162 valence electrons. The highest BCUT2D eigenvalue weighted by molar-refractivity contribution is 7.18. The number of carboxylic acid groups (broad SMARTS) is 1. The molecule has 1 unspecified atom stereocenters. The zero-order valence-electron chi connectivity index (χ0n) is 17.2. The van der Waals surface area contributed by atoms with Crippen LogP contribution in [0.4, 0.5) is 5.00 Å². The SMILES string of the molecule is CCOC(=O)c1sc(NC(=O)C(C)n2ccc(C(=O)O)n2)c(C(=O)OC(C)C)c1C. The second-order valence-electron chi connectivity index (χ2n) is 6.59. The van der Waals surface area contributed by atoms with Crippen LogP contribution in [0.2, 0.25) is 0 Å². The zero-order valence-corrected chi connectivity index (χ0v) is 18.0. The van der Waals surface area contributed by atoms with Gasteiger partial charge in [-0.2, -0.15) is 5.10 Å². The number of carboxylic acids is 1. The van der Waals surface area contributed by atoms with Gasteiger partial charge >= 0.3 is 17.9 Å². The van der Waals surface area contributed by atoms with E-state index in [0.717, 1.165) is 11.3 Å².